The fourth-order valence-corrected chi connectivity index (χ4v) is 6.99. The number of fused-ring (bicyclic) bond motifs is 3. The van der Waals surface area contributed by atoms with Gasteiger partial charge in [0, 0.05) is 11.6 Å². The normalized spacial score (nSPS) is 14.1. The van der Waals surface area contributed by atoms with Crippen LogP contribution >= 0.6 is 0 Å². The number of benzene rings is 3. The molecule has 1 aromatic heterocycles. The number of nitrogens with zero attached hydrogens (tertiary/aromatic N) is 1. The Labute approximate surface area is 226 Å². The third-order valence-electron chi connectivity index (χ3n) is 7.56. The first-order chi connectivity index (χ1) is 17.4. The third-order valence-corrected chi connectivity index (χ3v) is 9.58. The number of rotatable bonds is 3. The molecule has 0 saturated carbocycles. The molecule has 194 valence electrons. The lowest BCUT2D eigenvalue weighted by molar-refractivity contribution is -0.659. The Morgan fingerprint density at radius 1 is 0.919 bits per heavy atom. The van der Waals surface area contributed by atoms with Crippen molar-refractivity contribution in [2.24, 2.45) is 17.9 Å². The predicted molar refractivity (Wildman–Crippen MR) is 162 cm³/mol. The molecule has 3 heteroatoms. The van der Waals surface area contributed by atoms with Crippen molar-refractivity contribution in [1.29, 1.82) is 0 Å². The lowest BCUT2D eigenvalue weighted by Gasteiger charge is -2.29. The van der Waals surface area contributed by atoms with Gasteiger partial charge < -0.3 is 4.74 Å². The van der Waals surface area contributed by atoms with Crippen LogP contribution in [0.2, 0.25) is 19.6 Å². The van der Waals surface area contributed by atoms with Crippen LogP contribution in [0.1, 0.15) is 59.6 Å². The molecular formula is C34H44NOSi+. The Bertz CT molecular complexity index is 1610. The number of pyridine rings is 1. The first-order valence-electron chi connectivity index (χ1n) is 14.2. The highest BCUT2D eigenvalue weighted by molar-refractivity contribution is 6.88. The van der Waals surface area contributed by atoms with Crippen LogP contribution in [0.3, 0.4) is 0 Å². The van der Waals surface area contributed by atoms with E-state index in [2.05, 4.69) is 116 Å². The van der Waals surface area contributed by atoms with Gasteiger partial charge in [0.25, 0.3) is 0 Å². The van der Waals surface area contributed by atoms with Gasteiger partial charge in [-0.2, -0.15) is 0 Å². The van der Waals surface area contributed by atoms with Crippen LogP contribution < -0.4 is 14.5 Å². The summed E-state index contributed by atoms with van der Waals surface area (Å²) in [5.74, 6) is 1.96. The van der Waals surface area contributed by atoms with E-state index in [1.54, 1.807) is 0 Å². The quantitative estimate of drug-likeness (QED) is 0.174. The molecule has 5 rings (SSSR count). The van der Waals surface area contributed by atoms with Gasteiger partial charge in [0.15, 0.2) is 6.20 Å². The van der Waals surface area contributed by atoms with Gasteiger partial charge in [0.05, 0.1) is 20.4 Å². The fourth-order valence-electron chi connectivity index (χ4n) is 5.84. The Kier molecular flexibility index (Phi) is 5.62. The van der Waals surface area contributed by atoms with Gasteiger partial charge in [-0.05, 0) is 63.9 Å². The minimum absolute atomic E-state index is 0.0697. The van der Waals surface area contributed by atoms with E-state index in [9.17, 15) is 0 Å². The molecule has 0 unspecified atom stereocenters. The Hall–Kier alpha value is -2.65. The summed E-state index contributed by atoms with van der Waals surface area (Å²) < 4.78 is 18.2. The molecule has 1 aliphatic rings. The predicted octanol–water partition coefficient (Wildman–Crippen LogP) is 8.62. The van der Waals surface area contributed by atoms with Crippen molar-refractivity contribution >= 4 is 34.8 Å². The summed E-state index contributed by atoms with van der Waals surface area (Å²) >= 11 is 0. The molecule has 0 aliphatic carbocycles. The Morgan fingerprint density at radius 3 is 2.22 bits per heavy atom. The van der Waals surface area contributed by atoms with Gasteiger partial charge in [-0.3, -0.25) is 0 Å². The summed E-state index contributed by atoms with van der Waals surface area (Å²) in [5, 5.41) is 6.30. The van der Waals surface area contributed by atoms with E-state index >= 15 is 0 Å². The van der Waals surface area contributed by atoms with E-state index < -0.39 is 8.07 Å². The lowest BCUT2D eigenvalue weighted by atomic mass is 9.80. The number of hydrogen-bond acceptors (Lipinski definition) is 1. The Morgan fingerprint density at radius 2 is 1.59 bits per heavy atom. The molecule has 0 spiro atoms. The summed E-state index contributed by atoms with van der Waals surface area (Å²) in [6.45, 7) is 23.1. The zero-order valence-electron chi connectivity index (χ0n) is 25.7. The van der Waals surface area contributed by atoms with Gasteiger partial charge in [-0.15, -0.1) is 0 Å². The van der Waals surface area contributed by atoms with E-state index in [1.807, 2.05) is 0 Å². The SMILES string of the molecule is [2H]c1cc2c(CC(C)(C)C)c3c(c(C)c2cc1CC(C)(C)C)-c1c2c(cc([Si](C)(C)C)cc2cc[n+]1C)O3. The molecule has 0 saturated heterocycles. The van der Waals surface area contributed by atoms with Gasteiger partial charge in [0.2, 0.25) is 5.69 Å². The van der Waals surface area contributed by atoms with E-state index in [0.29, 0.717) is 6.04 Å². The van der Waals surface area contributed by atoms with E-state index in [4.69, 9.17) is 6.11 Å². The second-order valence-corrected chi connectivity index (χ2v) is 19.7. The maximum atomic E-state index is 8.97. The van der Waals surface area contributed by atoms with Crippen molar-refractivity contribution in [2.45, 2.75) is 80.9 Å². The number of ether oxygens (including phenoxy) is 1. The third kappa shape index (κ3) is 4.72. The minimum Gasteiger partial charge on any atom is -0.455 e. The molecule has 0 amide bonds. The molecule has 0 radical (unpaired) electrons. The van der Waals surface area contributed by atoms with Crippen molar-refractivity contribution in [3.05, 3.63) is 59.3 Å². The maximum Gasteiger partial charge on any atom is 0.228 e. The molecule has 1 aliphatic heterocycles. The summed E-state index contributed by atoms with van der Waals surface area (Å²) in [7, 11) is 0.610. The van der Waals surface area contributed by atoms with Crippen molar-refractivity contribution in [3.63, 3.8) is 0 Å². The van der Waals surface area contributed by atoms with Gasteiger partial charge in [-0.1, -0.05) is 90.6 Å². The van der Waals surface area contributed by atoms with Crippen LogP contribution in [0.25, 0.3) is 32.8 Å². The second-order valence-electron chi connectivity index (χ2n) is 14.6. The second kappa shape index (κ2) is 8.43. The molecule has 0 bridgehead atoms. The number of aryl methyl sites for hydroxylation is 2. The summed E-state index contributed by atoms with van der Waals surface area (Å²) in [6, 6.07) is 12.0. The highest BCUT2D eigenvalue weighted by Crippen LogP contribution is 2.51. The average Bonchev–Trinajstić information content (AvgIpc) is 2.77. The summed E-state index contributed by atoms with van der Waals surface area (Å²) in [5.41, 5.74) is 6.22. The van der Waals surface area contributed by atoms with Crippen molar-refractivity contribution in [2.75, 3.05) is 0 Å². The lowest BCUT2D eigenvalue weighted by Crippen LogP contribution is -2.38. The monoisotopic (exact) mass is 511 g/mol. The molecule has 4 aromatic rings. The first-order valence-corrected chi connectivity index (χ1v) is 17.2. The van der Waals surface area contributed by atoms with E-state index in [-0.39, 0.29) is 10.8 Å². The topological polar surface area (TPSA) is 13.1 Å². The van der Waals surface area contributed by atoms with E-state index in [0.717, 1.165) is 29.9 Å². The summed E-state index contributed by atoms with van der Waals surface area (Å²) in [6.07, 6.45) is 3.97. The fraction of sp³-hybridized carbons (Fsp3) is 0.441. The van der Waals surface area contributed by atoms with Crippen LogP contribution in [-0.2, 0) is 19.9 Å². The van der Waals surface area contributed by atoms with Crippen LogP contribution in [0.5, 0.6) is 11.5 Å². The van der Waals surface area contributed by atoms with Crippen molar-refractivity contribution in [3.8, 4) is 22.8 Å². The standard InChI is InChI=1S/C34H44NOSi/c1-21-26-16-22(19-33(2,3)4)12-13-25(26)27(20-34(5,6)7)32-29(21)31-30-23(14-15-35(31)8)17-24(37(9,10)11)18-28(30)36-32/h12-18H,19-20H2,1-11H3/q+1/i12D. The highest BCUT2D eigenvalue weighted by atomic mass is 28.3. The molecule has 0 atom stereocenters. The van der Waals surface area contributed by atoms with Gasteiger partial charge in [-0.25, -0.2) is 4.57 Å². The summed E-state index contributed by atoms with van der Waals surface area (Å²) in [4.78, 5) is 0. The highest BCUT2D eigenvalue weighted by Gasteiger charge is 2.35. The molecule has 0 N–H and O–H groups in total. The van der Waals surface area contributed by atoms with Crippen LogP contribution in [0, 0.1) is 17.8 Å². The minimum atomic E-state index is -1.55. The van der Waals surface area contributed by atoms with Gasteiger partial charge >= 0.3 is 0 Å². The maximum absolute atomic E-state index is 8.97. The molecule has 37 heavy (non-hydrogen) atoms. The first kappa shape index (κ1) is 24.7. The van der Waals surface area contributed by atoms with Crippen LogP contribution in [0.4, 0.5) is 0 Å². The van der Waals surface area contributed by atoms with Gasteiger partial charge in [0.1, 0.15) is 18.5 Å². The molecule has 2 heterocycles. The zero-order chi connectivity index (χ0) is 27.9. The average molecular weight is 512 g/mol. The van der Waals surface area contributed by atoms with Crippen LogP contribution in [-0.4, -0.2) is 8.07 Å². The molecular weight excluding hydrogens is 466 g/mol. The number of aromatic nitrogens is 1. The molecule has 2 nitrogen and oxygen atoms in total. The van der Waals surface area contributed by atoms with Crippen molar-refractivity contribution in [1.82, 2.24) is 0 Å². The van der Waals surface area contributed by atoms with E-state index in [1.165, 1.54) is 49.1 Å². The molecule has 0 fully saturated rings. The zero-order valence-corrected chi connectivity index (χ0v) is 25.7. The number of hydrogen-bond donors (Lipinski definition) is 0. The van der Waals surface area contributed by atoms with Crippen molar-refractivity contribution < 1.29 is 10.7 Å². The smallest absolute Gasteiger partial charge is 0.228 e. The Balaban J connectivity index is 1.93. The largest absolute Gasteiger partial charge is 0.455 e. The van der Waals surface area contributed by atoms with Crippen LogP contribution in [0.15, 0.2) is 42.6 Å². The molecule has 3 aromatic carbocycles.